The first-order chi connectivity index (χ1) is 11.6. The number of pyridine rings is 1. The lowest BCUT2D eigenvalue weighted by molar-refractivity contribution is 0.0670. The number of benzene rings is 1. The second-order valence-electron chi connectivity index (χ2n) is 5.06. The van der Waals surface area contributed by atoms with Gasteiger partial charge in [-0.3, -0.25) is 14.3 Å². The average Bonchev–Trinajstić information content (AvgIpc) is 3.02. The zero-order valence-electron chi connectivity index (χ0n) is 12.4. The van der Waals surface area contributed by atoms with Gasteiger partial charge in [-0.1, -0.05) is 17.7 Å². The van der Waals surface area contributed by atoms with Crippen molar-refractivity contribution < 1.29 is 13.6 Å². The van der Waals surface area contributed by atoms with Gasteiger partial charge in [0.1, 0.15) is 5.82 Å². The highest BCUT2D eigenvalue weighted by molar-refractivity contribution is 6.32. The van der Waals surface area contributed by atoms with Crippen molar-refractivity contribution in [2.75, 3.05) is 6.54 Å². The maximum absolute atomic E-state index is 12.7. The Bertz CT molecular complexity index is 881. The van der Waals surface area contributed by atoms with Crippen LogP contribution in [0.5, 0.6) is 0 Å². The minimum Gasteiger partial charge on any atom is -0.352 e. The van der Waals surface area contributed by atoms with Gasteiger partial charge in [0.05, 0.1) is 11.1 Å². The molecular formula is C16H13ClF2N4O. The molecule has 0 unspecified atom stereocenters. The lowest BCUT2D eigenvalue weighted by Crippen LogP contribution is -2.27. The van der Waals surface area contributed by atoms with Gasteiger partial charge in [0.25, 0.3) is 5.91 Å². The van der Waals surface area contributed by atoms with Gasteiger partial charge >= 0.3 is 6.55 Å². The van der Waals surface area contributed by atoms with Gasteiger partial charge in [0.2, 0.25) is 0 Å². The summed E-state index contributed by atoms with van der Waals surface area (Å²) >= 11 is 6.03. The zero-order chi connectivity index (χ0) is 17.1. The SMILES string of the molecule is O=C(NCCc1nccn1C(F)F)c1cc(Cl)cc2cccnc12. The molecule has 24 heavy (non-hydrogen) atoms. The average molecular weight is 351 g/mol. The molecule has 0 aliphatic heterocycles. The first-order valence-corrected chi connectivity index (χ1v) is 7.56. The number of halogens is 3. The fourth-order valence-corrected chi connectivity index (χ4v) is 2.65. The number of aromatic nitrogens is 3. The smallest absolute Gasteiger partial charge is 0.319 e. The van der Waals surface area contributed by atoms with Crippen LogP contribution in [0.25, 0.3) is 10.9 Å². The first kappa shape index (κ1) is 16.3. The summed E-state index contributed by atoms with van der Waals surface area (Å²) in [6, 6.07) is 6.82. The summed E-state index contributed by atoms with van der Waals surface area (Å²) in [6.07, 6.45) is 4.29. The second-order valence-corrected chi connectivity index (χ2v) is 5.50. The first-order valence-electron chi connectivity index (χ1n) is 7.18. The third-order valence-electron chi connectivity index (χ3n) is 3.51. The van der Waals surface area contributed by atoms with E-state index in [0.717, 1.165) is 9.95 Å². The highest BCUT2D eigenvalue weighted by Gasteiger charge is 2.14. The van der Waals surface area contributed by atoms with E-state index in [2.05, 4.69) is 15.3 Å². The summed E-state index contributed by atoms with van der Waals surface area (Å²) in [5, 5.41) is 3.86. The molecule has 0 aliphatic carbocycles. The highest BCUT2D eigenvalue weighted by atomic mass is 35.5. The van der Waals surface area contributed by atoms with Crippen LogP contribution in [0.4, 0.5) is 8.78 Å². The number of alkyl halides is 2. The van der Waals surface area contributed by atoms with Crippen molar-refractivity contribution in [1.29, 1.82) is 0 Å². The summed E-state index contributed by atoms with van der Waals surface area (Å²) in [5.41, 5.74) is 0.879. The number of rotatable bonds is 5. The van der Waals surface area contributed by atoms with Gasteiger partial charge in [-0.2, -0.15) is 8.78 Å². The van der Waals surface area contributed by atoms with E-state index in [0.29, 0.717) is 16.1 Å². The van der Waals surface area contributed by atoms with E-state index in [9.17, 15) is 13.6 Å². The Morgan fingerprint density at radius 1 is 1.29 bits per heavy atom. The summed E-state index contributed by atoms with van der Waals surface area (Å²) < 4.78 is 26.3. The van der Waals surface area contributed by atoms with E-state index in [1.165, 1.54) is 18.5 Å². The molecule has 3 rings (SSSR count). The molecule has 0 saturated carbocycles. The van der Waals surface area contributed by atoms with Crippen LogP contribution >= 0.6 is 11.6 Å². The molecule has 1 N–H and O–H groups in total. The molecule has 0 aliphatic rings. The number of hydrogen-bond acceptors (Lipinski definition) is 3. The Kier molecular flexibility index (Phi) is 4.71. The Labute approximate surface area is 141 Å². The van der Waals surface area contributed by atoms with Crippen LogP contribution in [-0.4, -0.2) is 27.0 Å². The van der Waals surface area contributed by atoms with Gasteiger partial charge in [-0.15, -0.1) is 0 Å². The largest absolute Gasteiger partial charge is 0.352 e. The van der Waals surface area contributed by atoms with Crippen LogP contribution in [0.2, 0.25) is 5.02 Å². The predicted molar refractivity (Wildman–Crippen MR) is 86.3 cm³/mol. The number of imidazole rings is 1. The van der Waals surface area contributed by atoms with Crippen molar-refractivity contribution >= 4 is 28.4 Å². The topological polar surface area (TPSA) is 59.8 Å². The number of nitrogens with one attached hydrogen (secondary N) is 1. The van der Waals surface area contributed by atoms with E-state index < -0.39 is 6.55 Å². The monoisotopic (exact) mass is 350 g/mol. The maximum Gasteiger partial charge on any atom is 0.319 e. The second kappa shape index (κ2) is 6.92. The molecule has 0 spiro atoms. The van der Waals surface area contributed by atoms with Gasteiger partial charge in [-0.05, 0) is 18.2 Å². The zero-order valence-corrected chi connectivity index (χ0v) is 13.2. The number of amides is 1. The molecule has 2 heterocycles. The highest BCUT2D eigenvalue weighted by Crippen LogP contribution is 2.22. The number of fused-ring (bicyclic) bond motifs is 1. The van der Waals surface area contributed by atoms with Gasteiger partial charge in [0, 0.05) is 42.0 Å². The molecule has 2 aromatic heterocycles. The molecule has 1 aromatic carbocycles. The molecule has 0 radical (unpaired) electrons. The summed E-state index contributed by atoms with van der Waals surface area (Å²) in [7, 11) is 0. The molecule has 0 saturated heterocycles. The molecular weight excluding hydrogens is 338 g/mol. The van der Waals surface area contributed by atoms with E-state index in [4.69, 9.17) is 11.6 Å². The van der Waals surface area contributed by atoms with Crippen molar-refractivity contribution in [3.05, 3.63) is 59.3 Å². The van der Waals surface area contributed by atoms with Crippen molar-refractivity contribution in [3.63, 3.8) is 0 Å². The van der Waals surface area contributed by atoms with Crippen LogP contribution in [-0.2, 0) is 6.42 Å². The summed E-state index contributed by atoms with van der Waals surface area (Å²) in [6.45, 7) is -2.48. The van der Waals surface area contributed by atoms with Crippen molar-refractivity contribution in [3.8, 4) is 0 Å². The van der Waals surface area contributed by atoms with Crippen LogP contribution < -0.4 is 5.32 Å². The Morgan fingerprint density at radius 3 is 2.92 bits per heavy atom. The molecule has 5 nitrogen and oxygen atoms in total. The molecule has 124 valence electrons. The van der Waals surface area contributed by atoms with Crippen molar-refractivity contribution in [2.45, 2.75) is 13.0 Å². The Hall–Kier alpha value is -2.54. The fraction of sp³-hybridized carbons (Fsp3) is 0.188. The van der Waals surface area contributed by atoms with Crippen molar-refractivity contribution in [1.82, 2.24) is 19.9 Å². The van der Waals surface area contributed by atoms with Crippen molar-refractivity contribution in [2.24, 2.45) is 0 Å². The third kappa shape index (κ3) is 3.35. The molecule has 0 fully saturated rings. The third-order valence-corrected chi connectivity index (χ3v) is 3.73. The lowest BCUT2D eigenvalue weighted by atomic mass is 10.1. The molecule has 0 atom stereocenters. The normalized spacial score (nSPS) is 11.2. The minimum atomic E-state index is -2.65. The van der Waals surface area contributed by atoms with E-state index >= 15 is 0 Å². The van der Waals surface area contributed by atoms with Crippen LogP contribution in [0.15, 0.2) is 42.9 Å². The maximum atomic E-state index is 12.7. The van der Waals surface area contributed by atoms with E-state index in [-0.39, 0.29) is 24.7 Å². The standard InChI is InChI=1S/C16H13ClF2N4O/c17-11-8-10-2-1-4-21-14(10)12(9-11)15(24)22-5-3-13-20-6-7-23(13)16(18)19/h1-2,4,6-9,16H,3,5H2,(H,22,24). The van der Waals surface area contributed by atoms with Gasteiger partial charge in [0.15, 0.2) is 0 Å². The molecule has 0 bridgehead atoms. The Morgan fingerprint density at radius 2 is 2.12 bits per heavy atom. The molecule has 8 heteroatoms. The lowest BCUT2D eigenvalue weighted by Gasteiger charge is -2.09. The fourth-order valence-electron chi connectivity index (χ4n) is 2.43. The minimum absolute atomic E-state index is 0.170. The van der Waals surface area contributed by atoms with Gasteiger partial charge in [-0.25, -0.2) is 4.98 Å². The quantitative estimate of drug-likeness (QED) is 0.766. The van der Waals surface area contributed by atoms with Crippen LogP contribution in [0.1, 0.15) is 22.7 Å². The summed E-state index contributed by atoms with van der Waals surface area (Å²) in [4.78, 5) is 20.4. The summed E-state index contributed by atoms with van der Waals surface area (Å²) in [5.74, 6) is -0.157. The van der Waals surface area contributed by atoms with Crippen LogP contribution in [0.3, 0.4) is 0 Å². The predicted octanol–water partition coefficient (Wildman–Crippen LogP) is 3.45. The van der Waals surface area contributed by atoms with E-state index in [1.807, 2.05) is 6.07 Å². The van der Waals surface area contributed by atoms with E-state index in [1.54, 1.807) is 18.3 Å². The number of carbonyl (C=O) groups excluding carboxylic acids is 1. The van der Waals surface area contributed by atoms with Crippen LogP contribution in [0, 0.1) is 0 Å². The number of carbonyl (C=O) groups is 1. The number of nitrogens with zero attached hydrogens (tertiary/aromatic N) is 3. The molecule has 3 aromatic rings. The van der Waals surface area contributed by atoms with Gasteiger partial charge < -0.3 is 5.32 Å². The Balaban J connectivity index is 1.73. The molecule has 1 amide bonds. The number of hydrogen-bond donors (Lipinski definition) is 1.